The van der Waals surface area contributed by atoms with Gasteiger partial charge in [0.25, 0.3) is 0 Å². The van der Waals surface area contributed by atoms with Crippen LogP contribution < -0.4 is 5.32 Å². The number of likely N-dealkylation sites (N-methyl/N-ethyl adjacent to an activating group) is 1. The molecule has 1 atom stereocenters. The molecular formula is C22H28N2O2S. The summed E-state index contributed by atoms with van der Waals surface area (Å²) in [4.78, 5) is 26.6. The van der Waals surface area contributed by atoms with E-state index in [1.54, 1.807) is 30.6 Å². The third-order valence-electron chi connectivity index (χ3n) is 4.51. The van der Waals surface area contributed by atoms with E-state index in [4.69, 9.17) is 0 Å². The normalized spacial score (nSPS) is 11.7. The molecule has 0 saturated carbocycles. The van der Waals surface area contributed by atoms with Crippen LogP contribution in [0.3, 0.4) is 0 Å². The molecule has 0 spiro atoms. The number of hydrogen-bond acceptors (Lipinski definition) is 3. The van der Waals surface area contributed by atoms with Crippen molar-refractivity contribution >= 4 is 23.6 Å². The standard InChI is InChI=1S/C22H28N2O2S/c1-17-9-11-20(12-10-17)15-27-16-21(25)24(18(2)22(26)23-3)14-13-19-7-5-4-6-8-19/h4-12,18H,13-16H2,1-3H3,(H,23,26)/t18-/m0/s1. The number of nitrogens with zero attached hydrogens (tertiary/aromatic N) is 1. The molecule has 2 amide bonds. The lowest BCUT2D eigenvalue weighted by Gasteiger charge is -2.28. The van der Waals surface area contributed by atoms with Crippen LogP contribution in [0.4, 0.5) is 0 Å². The van der Waals surface area contributed by atoms with Crippen molar-refractivity contribution in [3.05, 3.63) is 71.3 Å². The minimum Gasteiger partial charge on any atom is -0.357 e. The van der Waals surface area contributed by atoms with E-state index in [-0.39, 0.29) is 11.8 Å². The van der Waals surface area contributed by atoms with E-state index in [1.807, 2.05) is 30.3 Å². The summed E-state index contributed by atoms with van der Waals surface area (Å²) in [6, 6.07) is 17.9. The maximum Gasteiger partial charge on any atom is 0.242 e. The Morgan fingerprint density at radius 3 is 2.33 bits per heavy atom. The van der Waals surface area contributed by atoms with E-state index in [0.717, 1.165) is 17.7 Å². The van der Waals surface area contributed by atoms with Gasteiger partial charge in [-0.15, -0.1) is 11.8 Å². The molecule has 4 nitrogen and oxygen atoms in total. The van der Waals surface area contributed by atoms with Crippen molar-refractivity contribution in [2.45, 2.75) is 32.1 Å². The molecule has 0 bridgehead atoms. The van der Waals surface area contributed by atoms with Gasteiger partial charge in [0.1, 0.15) is 6.04 Å². The summed E-state index contributed by atoms with van der Waals surface area (Å²) < 4.78 is 0. The van der Waals surface area contributed by atoms with Gasteiger partial charge in [0.05, 0.1) is 5.75 Å². The number of carbonyl (C=O) groups excluding carboxylic acids is 2. The number of carbonyl (C=O) groups is 2. The molecule has 0 fully saturated rings. The van der Waals surface area contributed by atoms with Gasteiger partial charge < -0.3 is 10.2 Å². The molecule has 1 N–H and O–H groups in total. The first-order chi connectivity index (χ1) is 13.0. The van der Waals surface area contributed by atoms with Gasteiger partial charge in [-0.25, -0.2) is 0 Å². The number of amides is 2. The van der Waals surface area contributed by atoms with Crippen LogP contribution in [-0.4, -0.2) is 42.1 Å². The van der Waals surface area contributed by atoms with Crippen molar-refractivity contribution in [2.75, 3.05) is 19.3 Å². The van der Waals surface area contributed by atoms with Crippen LogP contribution in [0, 0.1) is 6.92 Å². The highest BCUT2D eigenvalue weighted by Gasteiger charge is 2.24. The highest BCUT2D eigenvalue weighted by atomic mass is 32.2. The summed E-state index contributed by atoms with van der Waals surface area (Å²) in [6.45, 7) is 4.38. The Morgan fingerprint density at radius 1 is 1.04 bits per heavy atom. The molecule has 0 aromatic heterocycles. The molecule has 0 aliphatic rings. The van der Waals surface area contributed by atoms with E-state index in [9.17, 15) is 9.59 Å². The molecule has 2 aromatic carbocycles. The van der Waals surface area contributed by atoms with E-state index in [2.05, 4.69) is 36.5 Å². The Bertz CT molecular complexity index is 732. The van der Waals surface area contributed by atoms with Crippen LogP contribution in [0.15, 0.2) is 54.6 Å². The zero-order valence-corrected chi connectivity index (χ0v) is 17.1. The minimum absolute atomic E-state index is 0.000794. The minimum atomic E-state index is -0.480. The lowest BCUT2D eigenvalue weighted by Crippen LogP contribution is -2.48. The Morgan fingerprint density at radius 2 is 1.70 bits per heavy atom. The number of hydrogen-bond donors (Lipinski definition) is 1. The lowest BCUT2D eigenvalue weighted by molar-refractivity contribution is -0.137. The number of nitrogens with one attached hydrogen (secondary N) is 1. The fraction of sp³-hybridized carbons (Fsp3) is 0.364. The predicted octanol–water partition coefficient (Wildman–Crippen LogP) is 3.43. The first kappa shape index (κ1) is 21.0. The van der Waals surface area contributed by atoms with Crippen molar-refractivity contribution in [3.63, 3.8) is 0 Å². The maximum absolute atomic E-state index is 12.8. The smallest absolute Gasteiger partial charge is 0.242 e. The average Bonchev–Trinajstić information content (AvgIpc) is 2.69. The molecule has 27 heavy (non-hydrogen) atoms. The Kier molecular flexibility index (Phi) is 8.40. The first-order valence-electron chi connectivity index (χ1n) is 9.19. The quantitative estimate of drug-likeness (QED) is 0.721. The van der Waals surface area contributed by atoms with Gasteiger partial charge in [-0.1, -0.05) is 60.2 Å². The van der Waals surface area contributed by atoms with Crippen LogP contribution in [0.2, 0.25) is 0 Å². The SMILES string of the molecule is CNC(=O)[C@H](C)N(CCc1ccccc1)C(=O)CSCc1ccc(C)cc1. The van der Waals surface area contributed by atoms with Gasteiger partial charge in [-0.05, 0) is 31.4 Å². The van der Waals surface area contributed by atoms with Gasteiger partial charge in [-0.2, -0.15) is 0 Å². The highest BCUT2D eigenvalue weighted by molar-refractivity contribution is 7.99. The third kappa shape index (κ3) is 6.75. The maximum atomic E-state index is 12.8. The summed E-state index contributed by atoms with van der Waals surface area (Å²) in [5.74, 6) is 1.01. The van der Waals surface area contributed by atoms with E-state index in [1.165, 1.54) is 11.1 Å². The molecule has 5 heteroatoms. The molecule has 2 aromatic rings. The molecular weight excluding hydrogens is 356 g/mol. The molecule has 144 valence electrons. The number of aryl methyl sites for hydroxylation is 1. The summed E-state index contributed by atoms with van der Waals surface area (Å²) in [5, 5.41) is 2.65. The van der Waals surface area contributed by atoms with Gasteiger partial charge in [0.15, 0.2) is 0 Å². The second-order valence-electron chi connectivity index (χ2n) is 6.59. The van der Waals surface area contributed by atoms with Crippen molar-refractivity contribution < 1.29 is 9.59 Å². The van der Waals surface area contributed by atoms with E-state index < -0.39 is 6.04 Å². The fourth-order valence-corrected chi connectivity index (χ4v) is 3.67. The van der Waals surface area contributed by atoms with Crippen LogP contribution in [0.1, 0.15) is 23.6 Å². The summed E-state index contributed by atoms with van der Waals surface area (Å²) in [7, 11) is 1.60. The van der Waals surface area contributed by atoms with Gasteiger partial charge in [-0.3, -0.25) is 9.59 Å². The number of rotatable bonds is 9. The van der Waals surface area contributed by atoms with Crippen LogP contribution in [-0.2, 0) is 21.8 Å². The Hall–Kier alpha value is -2.27. The molecule has 0 saturated heterocycles. The monoisotopic (exact) mass is 384 g/mol. The van der Waals surface area contributed by atoms with E-state index >= 15 is 0 Å². The van der Waals surface area contributed by atoms with Crippen LogP contribution in [0.25, 0.3) is 0 Å². The largest absolute Gasteiger partial charge is 0.357 e. The zero-order valence-electron chi connectivity index (χ0n) is 16.3. The van der Waals surface area contributed by atoms with E-state index in [0.29, 0.717) is 12.3 Å². The fourth-order valence-electron chi connectivity index (χ4n) is 2.80. The van der Waals surface area contributed by atoms with Crippen LogP contribution >= 0.6 is 11.8 Å². The molecule has 2 rings (SSSR count). The molecule has 0 aliphatic heterocycles. The molecule has 0 unspecified atom stereocenters. The predicted molar refractivity (Wildman–Crippen MR) is 113 cm³/mol. The van der Waals surface area contributed by atoms with Gasteiger partial charge in [0.2, 0.25) is 11.8 Å². The summed E-state index contributed by atoms with van der Waals surface area (Å²) >= 11 is 1.58. The van der Waals surface area contributed by atoms with Crippen LogP contribution in [0.5, 0.6) is 0 Å². The highest BCUT2D eigenvalue weighted by Crippen LogP contribution is 2.15. The topological polar surface area (TPSA) is 49.4 Å². The molecule has 0 radical (unpaired) electrons. The molecule has 0 heterocycles. The summed E-state index contributed by atoms with van der Waals surface area (Å²) in [6.07, 6.45) is 0.733. The number of thioether (sulfide) groups is 1. The molecule has 0 aliphatic carbocycles. The Labute approximate surface area is 166 Å². The first-order valence-corrected chi connectivity index (χ1v) is 10.3. The Balaban J connectivity index is 1.94. The zero-order chi connectivity index (χ0) is 19.6. The van der Waals surface area contributed by atoms with Gasteiger partial charge >= 0.3 is 0 Å². The second-order valence-corrected chi connectivity index (χ2v) is 7.58. The second kappa shape index (κ2) is 10.8. The summed E-state index contributed by atoms with van der Waals surface area (Å²) in [5.41, 5.74) is 3.59. The van der Waals surface area contributed by atoms with Crippen molar-refractivity contribution in [1.82, 2.24) is 10.2 Å². The van der Waals surface area contributed by atoms with Crippen molar-refractivity contribution in [2.24, 2.45) is 0 Å². The lowest BCUT2D eigenvalue weighted by atomic mass is 10.1. The van der Waals surface area contributed by atoms with Crippen molar-refractivity contribution in [3.8, 4) is 0 Å². The number of benzene rings is 2. The third-order valence-corrected chi connectivity index (χ3v) is 5.50. The average molecular weight is 385 g/mol. The van der Waals surface area contributed by atoms with Crippen molar-refractivity contribution in [1.29, 1.82) is 0 Å². The van der Waals surface area contributed by atoms with Gasteiger partial charge in [0, 0.05) is 19.3 Å².